The standard InChI is InChI=1S/C81H52N6/c1-5-17-53(18-6-1)62-35-45-69-67-25-13-15-27-73(67)86(77(69)51-62)65-39-29-55(30-40-65)60-37-47-75-71(49-60)72-50-61(56-31-41-66(42-32-56)87-74-28-16-14-26-68(74)70-46-36-63(52-78(70)87)54-19-7-2-8-20-54)38-48-76(72)85(75)64-43-33-59(34-44-64)81-83-79(57-21-9-3-10-22-57)82-80(84-81)58-23-11-4-12-24-58/h1-52H. The first-order valence-electron chi connectivity index (χ1n) is 29.6. The Balaban J connectivity index is 0.782. The summed E-state index contributed by atoms with van der Waals surface area (Å²) in [5, 5.41) is 7.29. The van der Waals surface area contributed by atoms with E-state index in [1.165, 1.54) is 76.6 Å². The maximum absolute atomic E-state index is 5.06. The van der Waals surface area contributed by atoms with Crippen LogP contribution in [0.2, 0.25) is 0 Å². The molecule has 17 aromatic rings. The third-order valence-corrected chi connectivity index (χ3v) is 17.3. The van der Waals surface area contributed by atoms with Gasteiger partial charge in [0.1, 0.15) is 0 Å². The summed E-state index contributed by atoms with van der Waals surface area (Å²) in [5.41, 5.74) is 22.4. The van der Waals surface area contributed by atoms with Crippen molar-refractivity contribution in [2.24, 2.45) is 0 Å². The smallest absolute Gasteiger partial charge is 0.164 e. The topological polar surface area (TPSA) is 53.5 Å². The molecule has 0 unspecified atom stereocenters. The Hall–Kier alpha value is -11.7. The Morgan fingerprint density at radius 1 is 0.161 bits per heavy atom. The summed E-state index contributed by atoms with van der Waals surface area (Å²) < 4.78 is 7.21. The Bertz CT molecular complexity index is 5140. The van der Waals surface area contributed by atoms with Gasteiger partial charge < -0.3 is 13.7 Å². The maximum atomic E-state index is 5.06. The van der Waals surface area contributed by atoms with E-state index in [1.54, 1.807) is 0 Å². The zero-order valence-electron chi connectivity index (χ0n) is 47.2. The molecule has 0 bridgehead atoms. The van der Waals surface area contributed by atoms with Crippen molar-refractivity contribution in [2.75, 3.05) is 0 Å². The van der Waals surface area contributed by atoms with Gasteiger partial charge in [0.2, 0.25) is 0 Å². The van der Waals surface area contributed by atoms with Gasteiger partial charge in [-0.3, -0.25) is 0 Å². The number of nitrogens with zero attached hydrogens (tertiary/aromatic N) is 6. The van der Waals surface area contributed by atoms with Gasteiger partial charge >= 0.3 is 0 Å². The lowest BCUT2D eigenvalue weighted by molar-refractivity contribution is 1.07. The number of aromatic nitrogens is 6. The fraction of sp³-hybridized carbons (Fsp3) is 0. The summed E-state index contributed by atoms with van der Waals surface area (Å²) in [7, 11) is 0. The molecular formula is C81H52N6. The van der Waals surface area contributed by atoms with E-state index in [2.05, 4.69) is 268 Å². The van der Waals surface area contributed by atoms with Gasteiger partial charge in [0.15, 0.2) is 17.5 Å². The highest BCUT2D eigenvalue weighted by molar-refractivity contribution is 6.13. The fourth-order valence-electron chi connectivity index (χ4n) is 13.1. The van der Waals surface area contributed by atoms with E-state index in [9.17, 15) is 0 Å². The molecule has 0 N–H and O–H groups in total. The van der Waals surface area contributed by atoms with Crippen molar-refractivity contribution in [1.29, 1.82) is 0 Å². The van der Waals surface area contributed by atoms with Crippen LogP contribution in [-0.2, 0) is 0 Å². The van der Waals surface area contributed by atoms with Gasteiger partial charge in [-0.1, -0.05) is 218 Å². The number of hydrogen-bond donors (Lipinski definition) is 0. The van der Waals surface area contributed by atoms with Crippen LogP contribution in [0.25, 0.3) is 161 Å². The third kappa shape index (κ3) is 8.61. The minimum atomic E-state index is 0.618. The first-order valence-corrected chi connectivity index (χ1v) is 29.6. The molecule has 6 nitrogen and oxygen atoms in total. The van der Waals surface area contributed by atoms with Crippen molar-refractivity contribution in [3.8, 4) is 95.7 Å². The second-order valence-electron chi connectivity index (χ2n) is 22.4. The lowest BCUT2D eigenvalue weighted by Gasteiger charge is -2.12. The molecule has 87 heavy (non-hydrogen) atoms. The highest BCUT2D eigenvalue weighted by Crippen LogP contribution is 2.41. The summed E-state index contributed by atoms with van der Waals surface area (Å²) in [5.74, 6) is 1.89. The molecule has 0 aliphatic carbocycles. The van der Waals surface area contributed by atoms with E-state index in [0.717, 1.165) is 67.0 Å². The summed E-state index contributed by atoms with van der Waals surface area (Å²) in [4.78, 5) is 15.1. The van der Waals surface area contributed by atoms with Crippen LogP contribution in [0, 0.1) is 0 Å². The van der Waals surface area contributed by atoms with Crippen LogP contribution in [0.3, 0.4) is 0 Å². The molecule has 0 saturated carbocycles. The molecular weight excluding hydrogens is 1060 g/mol. The molecule has 0 atom stereocenters. The zero-order valence-corrected chi connectivity index (χ0v) is 47.2. The van der Waals surface area contributed by atoms with Crippen molar-refractivity contribution in [1.82, 2.24) is 28.7 Å². The summed E-state index contributed by atoms with van der Waals surface area (Å²) in [6, 6.07) is 113. The van der Waals surface area contributed by atoms with E-state index >= 15 is 0 Å². The first-order chi connectivity index (χ1) is 43.1. The molecule has 4 aromatic heterocycles. The molecule has 0 aliphatic rings. The van der Waals surface area contributed by atoms with Crippen LogP contribution in [0.5, 0.6) is 0 Å². The molecule has 17 rings (SSSR count). The Morgan fingerprint density at radius 2 is 0.414 bits per heavy atom. The van der Waals surface area contributed by atoms with E-state index < -0.39 is 0 Å². The van der Waals surface area contributed by atoms with E-state index in [0.29, 0.717) is 17.5 Å². The van der Waals surface area contributed by atoms with Gasteiger partial charge in [-0.05, 0) is 142 Å². The van der Waals surface area contributed by atoms with Gasteiger partial charge in [-0.2, -0.15) is 0 Å². The van der Waals surface area contributed by atoms with E-state index in [4.69, 9.17) is 15.0 Å². The average molecular weight is 1110 g/mol. The van der Waals surface area contributed by atoms with Crippen molar-refractivity contribution < 1.29 is 0 Å². The number of fused-ring (bicyclic) bond motifs is 9. The molecule has 0 saturated heterocycles. The number of hydrogen-bond acceptors (Lipinski definition) is 3. The zero-order chi connectivity index (χ0) is 57.4. The second-order valence-corrected chi connectivity index (χ2v) is 22.4. The minimum absolute atomic E-state index is 0.618. The van der Waals surface area contributed by atoms with Gasteiger partial charge in [0.05, 0.1) is 33.1 Å². The number of rotatable bonds is 10. The number of para-hydroxylation sites is 2. The summed E-state index contributed by atoms with van der Waals surface area (Å²) >= 11 is 0. The predicted molar refractivity (Wildman–Crippen MR) is 361 cm³/mol. The van der Waals surface area contributed by atoms with Gasteiger partial charge in [-0.15, -0.1) is 0 Å². The maximum Gasteiger partial charge on any atom is 0.164 e. The van der Waals surface area contributed by atoms with Crippen LogP contribution < -0.4 is 0 Å². The molecule has 13 aromatic carbocycles. The minimum Gasteiger partial charge on any atom is -0.309 e. The molecule has 0 fully saturated rings. The van der Waals surface area contributed by atoms with Crippen molar-refractivity contribution in [2.45, 2.75) is 0 Å². The lowest BCUT2D eigenvalue weighted by Crippen LogP contribution is -2.00. The van der Waals surface area contributed by atoms with Crippen molar-refractivity contribution in [3.05, 3.63) is 315 Å². The van der Waals surface area contributed by atoms with E-state index in [1.807, 2.05) is 60.7 Å². The quantitative estimate of drug-likeness (QED) is 0.137. The van der Waals surface area contributed by atoms with E-state index in [-0.39, 0.29) is 0 Å². The monoisotopic (exact) mass is 1110 g/mol. The molecule has 0 aliphatic heterocycles. The molecule has 406 valence electrons. The Morgan fingerprint density at radius 3 is 0.805 bits per heavy atom. The fourth-order valence-corrected chi connectivity index (χ4v) is 13.1. The predicted octanol–water partition coefficient (Wildman–Crippen LogP) is 20.8. The molecule has 0 radical (unpaired) electrons. The van der Waals surface area contributed by atoms with Crippen LogP contribution in [-0.4, -0.2) is 28.7 Å². The van der Waals surface area contributed by atoms with Gasteiger partial charge in [0, 0.05) is 66.1 Å². The average Bonchev–Trinajstić information content (AvgIpc) is 1.75. The van der Waals surface area contributed by atoms with Crippen molar-refractivity contribution >= 4 is 65.4 Å². The highest BCUT2D eigenvalue weighted by atomic mass is 15.0. The molecule has 4 heterocycles. The molecule has 0 spiro atoms. The third-order valence-electron chi connectivity index (χ3n) is 17.3. The highest BCUT2D eigenvalue weighted by Gasteiger charge is 2.20. The molecule has 6 heteroatoms. The van der Waals surface area contributed by atoms with Crippen LogP contribution >= 0.6 is 0 Å². The Kier molecular flexibility index (Phi) is 11.8. The van der Waals surface area contributed by atoms with Gasteiger partial charge in [-0.25, -0.2) is 15.0 Å². The summed E-state index contributed by atoms with van der Waals surface area (Å²) in [6.45, 7) is 0. The Labute approximate surface area is 502 Å². The van der Waals surface area contributed by atoms with Gasteiger partial charge in [0.25, 0.3) is 0 Å². The lowest BCUT2D eigenvalue weighted by atomic mass is 10.00. The van der Waals surface area contributed by atoms with Crippen LogP contribution in [0.15, 0.2) is 315 Å². The first kappa shape index (κ1) is 49.8. The summed E-state index contributed by atoms with van der Waals surface area (Å²) in [6.07, 6.45) is 0. The van der Waals surface area contributed by atoms with Crippen LogP contribution in [0.1, 0.15) is 0 Å². The largest absolute Gasteiger partial charge is 0.309 e. The van der Waals surface area contributed by atoms with Crippen molar-refractivity contribution in [3.63, 3.8) is 0 Å². The molecule has 0 amide bonds. The SMILES string of the molecule is c1ccc(-c2ccc3c4ccccc4n(-c4ccc(-c5ccc6c(c5)c5cc(-c7ccc(-n8c9ccccc9c9ccc(-c%10ccccc%10)cc98)cc7)ccc5n6-c5ccc(-c6nc(-c7ccccc7)nc(-c7ccccc7)n6)cc5)cc4)c3c2)cc1. The van der Waals surface area contributed by atoms with Crippen LogP contribution in [0.4, 0.5) is 0 Å². The number of benzene rings is 13. The second kappa shape index (κ2) is 20.6. The normalized spacial score (nSPS) is 11.7.